The Hall–Kier alpha value is -3.40. The van der Waals surface area contributed by atoms with Crippen molar-refractivity contribution in [1.82, 2.24) is 20.3 Å². The first-order valence-corrected chi connectivity index (χ1v) is 10.2. The molecule has 0 radical (unpaired) electrons. The van der Waals surface area contributed by atoms with E-state index in [1.807, 2.05) is 24.3 Å². The maximum atomic E-state index is 13.0. The van der Waals surface area contributed by atoms with Crippen LogP contribution in [0.25, 0.3) is 0 Å². The van der Waals surface area contributed by atoms with Crippen molar-refractivity contribution in [2.24, 2.45) is 0 Å². The van der Waals surface area contributed by atoms with Gasteiger partial charge in [0, 0.05) is 12.2 Å². The monoisotopic (exact) mass is 428 g/mol. The van der Waals surface area contributed by atoms with Crippen LogP contribution < -0.4 is 21.1 Å². The van der Waals surface area contributed by atoms with E-state index in [1.54, 1.807) is 19.2 Å². The Kier molecular flexibility index (Phi) is 7.39. The highest BCUT2D eigenvalue weighted by Gasteiger charge is 2.08. The van der Waals surface area contributed by atoms with Gasteiger partial charge in [0.25, 0.3) is 0 Å². The molecule has 0 aliphatic carbocycles. The maximum absolute atomic E-state index is 13.0. The number of aromatic nitrogens is 3. The molecular formula is C20H21FN6O2S. The number of ether oxygens (including phenoxy) is 1. The molecule has 0 aliphatic rings. The summed E-state index contributed by atoms with van der Waals surface area (Å²) in [7, 11) is 1.60. The second-order valence-electron chi connectivity index (χ2n) is 6.19. The van der Waals surface area contributed by atoms with Crippen LogP contribution in [0.1, 0.15) is 11.4 Å². The highest BCUT2D eigenvalue weighted by Crippen LogP contribution is 2.16. The zero-order chi connectivity index (χ0) is 21.3. The number of methoxy groups -OCH3 is 1. The summed E-state index contributed by atoms with van der Waals surface area (Å²) in [5, 5.41) is 5.81. The van der Waals surface area contributed by atoms with E-state index in [0.29, 0.717) is 23.8 Å². The number of thioether (sulfide) groups is 1. The molecular weight excluding hydrogens is 407 g/mol. The molecule has 0 bridgehead atoms. The van der Waals surface area contributed by atoms with Crippen LogP contribution in [0.3, 0.4) is 0 Å². The summed E-state index contributed by atoms with van der Waals surface area (Å²) in [4.78, 5) is 24.5. The second kappa shape index (κ2) is 10.4. The molecule has 1 aromatic heterocycles. The van der Waals surface area contributed by atoms with Crippen LogP contribution in [-0.4, -0.2) is 33.7 Å². The van der Waals surface area contributed by atoms with Crippen LogP contribution in [0.4, 0.5) is 22.0 Å². The van der Waals surface area contributed by atoms with Crippen molar-refractivity contribution in [3.63, 3.8) is 0 Å². The Morgan fingerprint density at radius 2 is 1.97 bits per heavy atom. The Morgan fingerprint density at radius 3 is 2.73 bits per heavy atom. The average molecular weight is 428 g/mol. The molecule has 30 heavy (non-hydrogen) atoms. The van der Waals surface area contributed by atoms with Gasteiger partial charge in [-0.2, -0.15) is 15.0 Å². The van der Waals surface area contributed by atoms with Gasteiger partial charge in [-0.1, -0.05) is 12.1 Å². The number of anilines is 3. The van der Waals surface area contributed by atoms with Crippen molar-refractivity contribution in [3.05, 3.63) is 65.7 Å². The molecule has 1 heterocycles. The van der Waals surface area contributed by atoms with E-state index < -0.39 is 0 Å². The molecule has 3 aromatic rings. The summed E-state index contributed by atoms with van der Waals surface area (Å²) in [5.41, 5.74) is 7.32. The lowest BCUT2D eigenvalue weighted by molar-refractivity contribution is -0.118. The summed E-state index contributed by atoms with van der Waals surface area (Å²) >= 11 is 1.36. The molecule has 4 N–H and O–H groups in total. The normalized spacial score (nSPS) is 10.5. The molecule has 0 spiro atoms. The third kappa shape index (κ3) is 6.59. The van der Waals surface area contributed by atoms with Gasteiger partial charge in [0.05, 0.1) is 18.6 Å². The molecule has 0 atom stereocenters. The fourth-order valence-corrected chi connectivity index (χ4v) is 3.19. The Morgan fingerprint density at radius 1 is 1.17 bits per heavy atom. The van der Waals surface area contributed by atoms with Crippen LogP contribution >= 0.6 is 11.8 Å². The number of amides is 1. The average Bonchev–Trinajstić information content (AvgIpc) is 2.74. The van der Waals surface area contributed by atoms with Crippen molar-refractivity contribution in [2.45, 2.75) is 12.3 Å². The molecule has 156 valence electrons. The third-order valence-electron chi connectivity index (χ3n) is 3.89. The lowest BCUT2D eigenvalue weighted by atomic mass is 10.2. The first kappa shape index (κ1) is 21.3. The van der Waals surface area contributed by atoms with Crippen molar-refractivity contribution in [2.75, 3.05) is 23.9 Å². The minimum Gasteiger partial charge on any atom is -0.497 e. The standard InChI is InChI=1S/C20H21FN6O2S/c1-29-16-4-2-3-13(9-16)10-23-18(28)12-30-11-17-25-19(22)27-20(26-17)24-15-7-5-14(21)6-8-15/h2-9H,10-12H2,1H3,(H,23,28)(H3,22,24,25,26,27). The van der Waals surface area contributed by atoms with Gasteiger partial charge in [0.2, 0.25) is 17.8 Å². The molecule has 0 saturated heterocycles. The molecule has 3 rings (SSSR count). The van der Waals surface area contributed by atoms with Crippen LogP contribution in [0.2, 0.25) is 0 Å². The first-order chi connectivity index (χ1) is 14.5. The SMILES string of the molecule is COc1cccc(CNC(=O)CSCc2nc(N)nc(Nc3ccc(F)cc3)n2)c1. The number of benzene rings is 2. The quantitative estimate of drug-likeness (QED) is 0.477. The summed E-state index contributed by atoms with van der Waals surface area (Å²) in [6, 6.07) is 13.3. The number of nitrogen functional groups attached to an aromatic ring is 1. The Bertz CT molecular complexity index is 1000. The molecule has 0 fully saturated rings. The minimum absolute atomic E-state index is 0.0627. The Labute approximate surface area is 177 Å². The van der Waals surface area contributed by atoms with Gasteiger partial charge in [-0.3, -0.25) is 4.79 Å². The van der Waals surface area contributed by atoms with E-state index in [0.717, 1.165) is 11.3 Å². The molecule has 2 aromatic carbocycles. The van der Waals surface area contributed by atoms with Crippen molar-refractivity contribution >= 4 is 35.3 Å². The van der Waals surface area contributed by atoms with Gasteiger partial charge in [0.1, 0.15) is 17.4 Å². The van der Waals surface area contributed by atoms with Crippen LogP contribution in [-0.2, 0) is 17.1 Å². The number of rotatable bonds is 9. The number of halogens is 1. The van der Waals surface area contributed by atoms with Gasteiger partial charge in [-0.15, -0.1) is 11.8 Å². The highest BCUT2D eigenvalue weighted by molar-refractivity contribution is 7.99. The summed E-state index contributed by atoms with van der Waals surface area (Å²) in [6.07, 6.45) is 0. The lowest BCUT2D eigenvalue weighted by Crippen LogP contribution is -2.24. The van der Waals surface area contributed by atoms with Gasteiger partial charge in [-0.25, -0.2) is 4.39 Å². The summed E-state index contributed by atoms with van der Waals surface area (Å²) in [6.45, 7) is 0.418. The van der Waals surface area contributed by atoms with Crippen molar-refractivity contribution < 1.29 is 13.9 Å². The van der Waals surface area contributed by atoms with E-state index in [4.69, 9.17) is 10.5 Å². The second-order valence-corrected chi connectivity index (χ2v) is 7.17. The molecule has 0 aliphatic heterocycles. The third-order valence-corrected chi connectivity index (χ3v) is 4.82. The molecule has 1 amide bonds. The number of nitrogens with two attached hydrogens (primary N) is 1. The van der Waals surface area contributed by atoms with Crippen LogP contribution in [0.5, 0.6) is 5.75 Å². The van der Waals surface area contributed by atoms with Crippen molar-refractivity contribution in [1.29, 1.82) is 0 Å². The van der Waals surface area contributed by atoms with E-state index in [9.17, 15) is 9.18 Å². The number of carbonyl (C=O) groups excluding carboxylic acids is 1. The fourth-order valence-electron chi connectivity index (χ4n) is 2.49. The zero-order valence-corrected chi connectivity index (χ0v) is 17.1. The van der Waals surface area contributed by atoms with E-state index in [1.165, 1.54) is 23.9 Å². The molecule has 10 heteroatoms. The molecule has 0 saturated carbocycles. The summed E-state index contributed by atoms with van der Waals surface area (Å²) < 4.78 is 18.2. The molecule has 0 unspecified atom stereocenters. The van der Waals surface area contributed by atoms with Crippen LogP contribution in [0.15, 0.2) is 48.5 Å². The molecule has 8 nitrogen and oxygen atoms in total. The predicted molar refractivity (Wildman–Crippen MR) is 115 cm³/mol. The van der Waals surface area contributed by atoms with Gasteiger partial charge in [-0.05, 0) is 42.0 Å². The smallest absolute Gasteiger partial charge is 0.232 e. The predicted octanol–water partition coefficient (Wildman–Crippen LogP) is 2.89. The number of hydrogen-bond donors (Lipinski definition) is 3. The van der Waals surface area contributed by atoms with E-state index in [2.05, 4.69) is 25.6 Å². The summed E-state index contributed by atoms with van der Waals surface area (Å²) in [5.74, 6) is 1.70. The van der Waals surface area contributed by atoms with Gasteiger partial charge >= 0.3 is 0 Å². The number of carbonyl (C=O) groups is 1. The van der Waals surface area contributed by atoms with E-state index in [-0.39, 0.29) is 29.4 Å². The van der Waals surface area contributed by atoms with Crippen molar-refractivity contribution in [3.8, 4) is 5.75 Å². The fraction of sp³-hybridized carbons (Fsp3) is 0.200. The zero-order valence-electron chi connectivity index (χ0n) is 16.3. The minimum atomic E-state index is -0.336. The number of nitrogens with zero attached hydrogens (tertiary/aromatic N) is 3. The van der Waals surface area contributed by atoms with Gasteiger partial charge < -0.3 is 21.1 Å². The lowest BCUT2D eigenvalue weighted by Gasteiger charge is -2.08. The topological polar surface area (TPSA) is 115 Å². The number of hydrogen-bond acceptors (Lipinski definition) is 8. The Balaban J connectivity index is 1.48. The maximum Gasteiger partial charge on any atom is 0.232 e. The highest BCUT2D eigenvalue weighted by atomic mass is 32.2. The first-order valence-electron chi connectivity index (χ1n) is 9.02. The van der Waals surface area contributed by atoms with E-state index >= 15 is 0 Å². The number of nitrogens with one attached hydrogen (secondary N) is 2. The van der Waals surface area contributed by atoms with Crippen LogP contribution in [0, 0.1) is 5.82 Å². The largest absolute Gasteiger partial charge is 0.497 e. The van der Waals surface area contributed by atoms with Gasteiger partial charge in [0.15, 0.2) is 0 Å².